The number of ether oxygens (including phenoxy) is 5. The summed E-state index contributed by atoms with van der Waals surface area (Å²) in [5.41, 5.74) is 11.1. The molecule has 0 bridgehead atoms. The van der Waals surface area contributed by atoms with Crippen LogP contribution in [0.2, 0.25) is 0 Å². The van der Waals surface area contributed by atoms with Crippen LogP contribution in [-0.2, 0) is 54.3 Å². The number of ketones is 1. The van der Waals surface area contributed by atoms with Gasteiger partial charge >= 0.3 is 18.2 Å². The molecule has 8 N–H and O–H groups in total. The molecule has 8 amide bonds. The van der Waals surface area contributed by atoms with E-state index in [0.29, 0.717) is 76.0 Å². The number of nitrogens with two attached hydrogens (primary N) is 1. The Labute approximate surface area is 552 Å². The predicted octanol–water partition coefficient (Wildman–Crippen LogP) is 8.75. The van der Waals surface area contributed by atoms with Crippen molar-refractivity contribution in [3.05, 3.63) is 125 Å². The van der Waals surface area contributed by atoms with Crippen LogP contribution >= 0.6 is 0 Å². The number of rotatable bonds is 30. The van der Waals surface area contributed by atoms with Gasteiger partial charge in [-0.25, -0.2) is 14.4 Å². The van der Waals surface area contributed by atoms with Crippen molar-refractivity contribution in [2.75, 3.05) is 57.8 Å². The second kappa shape index (κ2) is 34.5. The third-order valence-corrected chi connectivity index (χ3v) is 18.4. The molecule has 94 heavy (non-hydrogen) atoms. The standard InChI is InChI=1S/C72H98N8O14/c1-45(2)22-31-64(83)77-59-38-48(6)61(93-49(59)7)29-23-47(5)24-30-62-67(85)72(44-92-72)41-53(94-62)40-65(84)79-34-36-80(37-35-79)71(89)91-42-50-25-27-52(28-26-50)76-68(86)51(16-15-33-74-69(73)87)39-60(81)66(46(3)4)78-63(82)21-9-8-14-32-75-70(88)90-43-58-56-19-12-10-17-54(56)55-18-11-13-20-57(55)58/h10-13,17-20,22-28,30-31,45-46,48-49,51,53,58-59,61-62,66-67,85H,8-9,14-16,21,29,32-44H2,1-7H3,(H,75,88)(H,76,86)(H,77,83)(H,78,82)(H3,73,74,87)/b30-24+,31-22-,47-23+/t48-,49+,51+,53+,59+,61-,62+,66-,67+,72+/m0/s1. The Kier molecular flexibility index (Phi) is 26.4. The van der Waals surface area contributed by atoms with E-state index in [0.717, 1.165) is 34.2 Å². The zero-order valence-corrected chi connectivity index (χ0v) is 55.6. The first-order valence-corrected chi connectivity index (χ1v) is 33.6. The van der Waals surface area contributed by atoms with Crippen LogP contribution in [0.25, 0.3) is 11.1 Å². The molecule has 0 unspecified atom stereocenters. The maximum absolute atomic E-state index is 13.9. The van der Waals surface area contributed by atoms with Crippen molar-refractivity contribution >= 4 is 53.3 Å². The molecule has 8 rings (SSSR count). The number of nitrogens with one attached hydrogen (secondary N) is 5. The van der Waals surface area contributed by atoms with E-state index >= 15 is 0 Å². The van der Waals surface area contributed by atoms with E-state index in [-0.39, 0.29) is 124 Å². The molecule has 22 heteroatoms. The van der Waals surface area contributed by atoms with Crippen LogP contribution in [0.15, 0.2) is 109 Å². The van der Waals surface area contributed by atoms with Gasteiger partial charge in [0.25, 0.3) is 0 Å². The number of primary amides is 1. The summed E-state index contributed by atoms with van der Waals surface area (Å²) >= 11 is 0. The Bertz CT molecular complexity index is 3150. The minimum absolute atomic E-state index is 0.0185. The molecule has 4 aliphatic heterocycles. The highest BCUT2D eigenvalue weighted by Crippen LogP contribution is 2.45. The predicted molar refractivity (Wildman–Crippen MR) is 356 cm³/mol. The summed E-state index contributed by atoms with van der Waals surface area (Å²) in [5.74, 6) is -1.87. The van der Waals surface area contributed by atoms with Gasteiger partial charge in [0.2, 0.25) is 23.6 Å². The summed E-state index contributed by atoms with van der Waals surface area (Å²) in [6.07, 6.45) is 10.4. The molecule has 5 aliphatic rings. The quantitative estimate of drug-likeness (QED) is 0.0142. The number of amides is 8. The zero-order valence-electron chi connectivity index (χ0n) is 55.6. The number of Topliss-reactive ketones (excluding diaryl/α,β-unsaturated/α-hetero) is 1. The van der Waals surface area contributed by atoms with Crippen LogP contribution in [0.1, 0.15) is 142 Å². The van der Waals surface area contributed by atoms with Gasteiger partial charge in [0.1, 0.15) is 31.0 Å². The number of carbonyl (C=O) groups excluding carboxylic acids is 8. The molecule has 0 radical (unpaired) electrons. The molecule has 0 saturated carbocycles. The molecule has 4 saturated heterocycles. The summed E-state index contributed by atoms with van der Waals surface area (Å²) in [5, 5.41) is 25.5. The molecule has 1 spiro atoms. The minimum atomic E-state index is -0.898. The minimum Gasteiger partial charge on any atom is -0.449 e. The van der Waals surface area contributed by atoms with E-state index in [1.807, 2.05) is 84.0 Å². The van der Waals surface area contributed by atoms with E-state index in [1.54, 1.807) is 40.1 Å². The van der Waals surface area contributed by atoms with Gasteiger partial charge in [0.05, 0.1) is 43.4 Å². The Morgan fingerprint density at radius 1 is 0.809 bits per heavy atom. The van der Waals surface area contributed by atoms with Crippen molar-refractivity contribution in [3.8, 4) is 11.1 Å². The van der Waals surface area contributed by atoms with Crippen molar-refractivity contribution in [1.29, 1.82) is 0 Å². The van der Waals surface area contributed by atoms with Gasteiger partial charge in [-0.05, 0) is 116 Å². The van der Waals surface area contributed by atoms with Gasteiger partial charge in [-0.15, -0.1) is 0 Å². The van der Waals surface area contributed by atoms with Gasteiger partial charge < -0.3 is 70.9 Å². The number of aliphatic hydroxyl groups is 1. The molecular formula is C72H98N8O14. The number of piperazine rings is 1. The fourth-order valence-electron chi connectivity index (χ4n) is 12.8. The van der Waals surface area contributed by atoms with Crippen LogP contribution < -0.4 is 32.3 Å². The summed E-state index contributed by atoms with van der Waals surface area (Å²) < 4.78 is 29.8. The topological polar surface area (TPSA) is 299 Å². The lowest BCUT2D eigenvalue weighted by atomic mass is 9.87. The highest BCUT2D eigenvalue weighted by atomic mass is 16.6. The maximum atomic E-state index is 13.9. The highest BCUT2D eigenvalue weighted by Gasteiger charge is 2.58. The molecule has 1 aliphatic carbocycles. The number of allylic oxidation sites excluding steroid dienone is 3. The molecule has 3 aromatic carbocycles. The second-order valence-electron chi connectivity index (χ2n) is 26.5. The summed E-state index contributed by atoms with van der Waals surface area (Å²) in [6, 6.07) is 21.4. The molecule has 4 heterocycles. The van der Waals surface area contributed by atoms with Crippen molar-refractivity contribution in [3.63, 3.8) is 0 Å². The Morgan fingerprint density at radius 3 is 2.14 bits per heavy atom. The molecule has 22 nitrogen and oxygen atoms in total. The Balaban J connectivity index is 0.723. The smallest absolute Gasteiger partial charge is 0.410 e. The number of aliphatic hydroxyl groups excluding tert-OH is 1. The normalized spacial score (nSPS) is 23.3. The Morgan fingerprint density at radius 2 is 1.48 bits per heavy atom. The molecule has 4 fully saturated rings. The van der Waals surface area contributed by atoms with E-state index in [4.69, 9.17) is 29.4 Å². The first kappa shape index (κ1) is 71.9. The molecule has 510 valence electrons. The largest absolute Gasteiger partial charge is 0.449 e. The van der Waals surface area contributed by atoms with Gasteiger partial charge in [-0.1, -0.05) is 132 Å². The third-order valence-electron chi connectivity index (χ3n) is 18.4. The van der Waals surface area contributed by atoms with Crippen LogP contribution in [-0.4, -0.2) is 163 Å². The molecule has 3 aromatic rings. The van der Waals surface area contributed by atoms with E-state index < -0.39 is 60.0 Å². The lowest BCUT2D eigenvalue weighted by molar-refractivity contribution is -0.152. The number of anilines is 1. The first-order chi connectivity index (χ1) is 45.1. The fourth-order valence-corrected chi connectivity index (χ4v) is 12.8. The van der Waals surface area contributed by atoms with Crippen LogP contribution in [0.4, 0.5) is 20.1 Å². The molecule has 0 aromatic heterocycles. The zero-order chi connectivity index (χ0) is 67.5. The average molecular weight is 1300 g/mol. The van der Waals surface area contributed by atoms with Crippen LogP contribution in [0.3, 0.4) is 0 Å². The number of urea groups is 1. The van der Waals surface area contributed by atoms with E-state index in [1.165, 1.54) is 0 Å². The van der Waals surface area contributed by atoms with Gasteiger partial charge in [0, 0.05) is 76.1 Å². The van der Waals surface area contributed by atoms with E-state index in [9.17, 15) is 43.5 Å². The summed E-state index contributed by atoms with van der Waals surface area (Å²) in [7, 11) is 0. The second-order valence-corrected chi connectivity index (χ2v) is 26.5. The SMILES string of the molecule is CC(/C=C/[C@H]1O[C@H](CC(=O)N2CCN(C(=O)OCc3ccc(NC(=O)[C@H](CCCNC(N)=O)CC(=O)[C@@H](NC(=O)CCCCCNC(=O)OCC4c5ccccc5-c5ccccc54)C(C)C)cc3)CC2)C[C@@]2(CO2)[C@@H]1O)=C\C[C@@H]1O[C@H](C)[C@H](NC(=O)/C=C\C(C)C)C[C@@H]1C. The number of alkyl carbamates (subject to hydrolysis) is 1. The highest BCUT2D eigenvalue weighted by molar-refractivity contribution is 5.97. The van der Waals surface area contributed by atoms with Gasteiger partial charge in [0.15, 0.2) is 5.78 Å². The fraction of sp³-hybridized carbons (Fsp3) is 0.556. The van der Waals surface area contributed by atoms with Crippen molar-refractivity contribution in [2.24, 2.45) is 29.4 Å². The number of hydrogen-bond acceptors (Lipinski definition) is 14. The number of benzene rings is 3. The number of hydrogen-bond donors (Lipinski definition) is 7. The molecule has 10 atom stereocenters. The van der Waals surface area contributed by atoms with Gasteiger partial charge in [-0.2, -0.15) is 0 Å². The van der Waals surface area contributed by atoms with Crippen molar-refractivity contribution in [2.45, 2.75) is 180 Å². The molecular weight excluding hydrogens is 1200 g/mol. The van der Waals surface area contributed by atoms with Crippen LogP contribution in [0, 0.1) is 23.7 Å². The lowest BCUT2D eigenvalue weighted by Gasteiger charge is -2.39. The summed E-state index contributed by atoms with van der Waals surface area (Å²) in [6.45, 7) is 16.1. The van der Waals surface area contributed by atoms with Gasteiger partial charge in [-0.3, -0.25) is 24.0 Å². The van der Waals surface area contributed by atoms with E-state index in [2.05, 4.69) is 63.8 Å². The number of carbonyl (C=O) groups is 8. The average Bonchev–Trinajstić information content (AvgIpc) is 1.61. The maximum Gasteiger partial charge on any atom is 0.410 e. The Hall–Kier alpha value is -7.92. The first-order valence-electron chi connectivity index (χ1n) is 33.6. The van der Waals surface area contributed by atoms with Crippen LogP contribution in [0.5, 0.6) is 0 Å². The monoisotopic (exact) mass is 1300 g/mol. The van der Waals surface area contributed by atoms with Crippen molar-refractivity contribution < 1.29 is 67.1 Å². The third kappa shape index (κ3) is 20.8. The number of unbranched alkanes of at least 4 members (excludes halogenated alkanes) is 2. The number of nitrogens with zero attached hydrogens (tertiary/aromatic N) is 2. The number of epoxide rings is 1. The number of fused-ring (bicyclic) bond motifs is 3. The summed E-state index contributed by atoms with van der Waals surface area (Å²) in [4.78, 5) is 108. The van der Waals surface area contributed by atoms with Crippen molar-refractivity contribution in [1.82, 2.24) is 31.1 Å². The lowest BCUT2D eigenvalue weighted by Crippen LogP contribution is -2.53.